The molecule has 0 saturated heterocycles. The van der Waals surface area contributed by atoms with E-state index in [1.165, 1.54) is 14.2 Å². The molecule has 0 rings (SSSR count). The minimum Gasteiger partial charge on any atom is -0.465 e. The lowest BCUT2D eigenvalue weighted by atomic mass is 10.1. The SMILES string of the molecule is CCCC[C@H](NC(=O)O)C(=O)N(C)OC. The molecule has 15 heavy (non-hydrogen) atoms. The Morgan fingerprint density at radius 1 is 1.53 bits per heavy atom. The quantitative estimate of drug-likeness (QED) is 0.647. The highest BCUT2D eigenvalue weighted by atomic mass is 16.7. The number of nitrogens with one attached hydrogen (secondary N) is 1. The molecule has 2 amide bonds. The summed E-state index contributed by atoms with van der Waals surface area (Å²) in [5.41, 5.74) is 0. The maximum Gasteiger partial charge on any atom is 0.405 e. The Hall–Kier alpha value is -1.30. The average Bonchev–Trinajstić information content (AvgIpc) is 2.21. The molecule has 6 heteroatoms. The van der Waals surface area contributed by atoms with Crippen molar-refractivity contribution >= 4 is 12.0 Å². The summed E-state index contributed by atoms with van der Waals surface area (Å²) in [6.07, 6.45) is 0.972. The normalized spacial score (nSPS) is 11.9. The van der Waals surface area contributed by atoms with Crippen molar-refractivity contribution in [3.05, 3.63) is 0 Å². The molecule has 0 radical (unpaired) electrons. The van der Waals surface area contributed by atoms with Gasteiger partial charge in [0.1, 0.15) is 6.04 Å². The summed E-state index contributed by atoms with van der Waals surface area (Å²) in [7, 11) is 2.81. The van der Waals surface area contributed by atoms with Gasteiger partial charge in [-0.3, -0.25) is 9.63 Å². The van der Waals surface area contributed by atoms with Gasteiger partial charge < -0.3 is 10.4 Å². The second-order valence-corrected chi connectivity index (χ2v) is 3.16. The summed E-state index contributed by atoms with van der Waals surface area (Å²) in [6.45, 7) is 1.97. The Kier molecular flexibility index (Phi) is 6.44. The van der Waals surface area contributed by atoms with Crippen LogP contribution in [-0.4, -0.2) is 42.4 Å². The van der Waals surface area contributed by atoms with E-state index in [-0.39, 0.29) is 5.91 Å². The summed E-state index contributed by atoms with van der Waals surface area (Å²) in [5.74, 6) is -0.381. The Bertz CT molecular complexity index is 220. The van der Waals surface area contributed by atoms with Crippen LogP contribution in [0.2, 0.25) is 0 Å². The largest absolute Gasteiger partial charge is 0.465 e. The number of nitrogens with zero attached hydrogens (tertiary/aromatic N) is 1. The summed E-state index contributed by atoms with van der Waals surface area (Å²) in [6, 6.07) is -0.729. The molecule has 6 nitrogen and oxygen atoms in total. The van der Waals surface area contributed by atoms with Crippen LogP contribution in [0.5, 0.6) is 0 Å². The molecule has 0 saturated carbocycles. The van der Waals surface area contributed by atoms with Crippen LogP contribution in [0, 0.1) is 0 Å². The first kappa shape index (κ1) is 13.7. The predicted molar refractivity (Wildman–Crippen MR) is 54.3 cm³/mol. The van der Waals surface area contributed by atoms with Crippen molar-refractivity contribution in [3.8, 4) is 0 Å². The molecule has 0 aromatic carbocycles. The number of unbranched alkanes of at least 4 members (excludes halogenated alkanes) is 1. The lowest BCUT2D eigenvalue weighted by molar-refractivity contribution is -0.171. The zero-order valence-corrected chi connectivity index (χ0v) is 9.32. The molecule has 0 unspecified atom stereocenters. The van der Waals surface area contributed by atoms with Gasteiger partial charge in [-0.15, -0.1) is 0 Å². The predicted octanol–water partition coefficient (Wildman–Crippen LogP) is 0.833. The molecule has 0 aliphatic rings. The van der Waals surface area contributed by atoms with Crippen molar-refractivity contribution in [2.45, 2.75) is 32.2 Å². The van der Waals surface area contributed by atoms with Crippen molar-refractivity contribution in [2.75, 3.05) is 14.2 Å². The number of carbonyl (C=O) groups excluding carboxylic acids is 1. The fourth-order valence-electron chi connectivity index (χ4n) is 1.12. The van der Waals surface area contributed by atoms with Crippen molar-refractivity contribution in [1.29, 1.82) is 0 Å². The minimum atomic E-state index is -1.20. The van der Waals surface area contributed by atoms with Crippen LogP contribution in [0.1, 0.15) is 26.2 Å². The number of carboxylic acid groups (broad SMARTS) is 1. The molecule has 0 aromatic rings. The second-order valence-electron chi connectivity index (χ2n) is 3.16. The van der Waals surface area contributed by atoms with E-state index in [1.54, 1.807) is 0 Å². The van der Waals surface area contributed by atoms with E-state index < -0.39 is 12.1 Å². The number of likely N-dealkylation sites (N-methyl/N-ethyl adjacent to an activating group) is 1. The highest BCUT2D eigenvalue weighted by Crippen LogP contribution is 2.04. The van der Waals surface area contributed by atoms with Crippen LogP contribution in [0.4, 0.5) is 4.79 Å². The van der Waals surface area contributed by atoms with Crippen molar-refractivity contribution in [1.82, 2.24) is 10.4 Å². The molecule has 0 aromatic heterocycles. The summed E-state index contributed by atoms with van der Waals surface area (Å²) in [5, 5.41) is 11.8. The van der Waals surface area contributed by atoms with E-state index in [0.29, 0.717) is 6.42 Å². The van der Waals surface area contributed by atoms with Gasteiger partial charge in [0.2, 0.25) is 0 Å². The molecule has 1 atom stereocenters. The summed E-state index contributed by atoms with van der Waals surface area (Å²) < 4.78 is 0. The first-order valence-electron chi connectivity index (χ1n) is 4.84. The van der Waals surface area contributed by atoms with E-state index >= 15 is 0 Å². The minimum absolute atomic E-state index is 0.381. The monoisotopic (exact) mass is 218 g/mol. The van der Waals surface area contributed by atoms with Gasteiger partial charge in [0.15, 0.2) is 0 Å². The molecule has 0 aliphatic heterocycles. The van der Waals surface area contributed by atoms with Crippen molar-refractivity contribution < 1.29 is 19.5 Å². The fourth-order valence-corrected chi connectivity index (χ4v) is 1.12. The van der Waals surface area contributed by atoms with E-state index in [4.69, 9.17) is 9.94 Å². The Morgan fingerprint density at radius 2 is 2.13 bits per heavy atom. The van der Waals surface area contributed by atoms with Gasteiger partial charge in [-0.05, 0) is 6.42 Å². The highest BCUT2D eigenvalue weighted by Gasteiger charge is 2.23. The van der Waals surface area contributed by atoms with Crippen LogP contribution in [-0.2, 0) is 9.63 Å². The second kappa shape index (κ2) is 7.05. The number of rotatable bonds is 6. The van der Waals surface area contributed by atoms with E-state index in [2.05, 4.69) is 5.32 Å². The first-order chi connectivity index (χ1) is 7.02. The fraction of sp³-hybridized carbons (Fsp3) is 0.778. The third kappa shape index (κ3) is 5.21. The number of amides is 2. The van der Waals surface area contributed by atoms with E-state index in [0.717, 1.165) is 17.9 Å². The Labute approximate surface area is 89.2 Å². The van der Waals surface area contributed by atoms with Crippen molar-refractivity contribution in [2.24, 2.45) is 0 Å². The lowest BCUT2D eigenvalue weighted by Gasteiger charge is -2.21. The molecule has 0 heterocycles. The van der Waals surface area contributed by atoms with Gasteiger partial charge in [-0.2, -0.15) is 0 Å². The Morgan fingerprint density at radius 3 is 2.53 bits per heavy atom. The molecular weight excluding hydrogens is 200 g/mol. The third-order valence-electron chi connectivity index (χ3n) is 2.03. The zero-order chi connectivity index (χ0) is 11.8. The molecule has 88 valence electrons. The third-order valence-corrected chi connectivity index (χ3v) is 2.03. The maximum atomic E-state index is 11.6. The van der Waals surface area contributed by atoms with Gasteiger partial charge in [-0.1, -0.05) is 19.8 Å². The van der Waals surface area contributed by atoms with Crippen LogP contribution >= 0.6 is 0 Å². The van der Waals surface area contributed by atoms with Crippen LogP contribution in [0.25, 0.3) is 0 Å². The van der Waals surface area contributed by atoms with Crippen LogP contribution < -0.4 is 5.32 Å². The van der Waals surface area contributed by atoms with Crippen molar-refractivity contribution in [3.63, 3.8) is 0 Å². The van der Waals surface area contributed by atoms with Gasteiger partial charge in [0.25, 0.3) is 5.91 Å². The molecule has 0 fully saturated rings. The standard InChI is InChI=1S/C9H18N2O4/c1-4-5-6-7(10-9(13)14)8(12)11(2)15-3/h7,10H,4-6H2,1-3H3,(H,13,14)/t7-/m0/s1. The number of carbonyl (C=O) groups is 2. The summed E-state index contributed by atoms with van der Waals surface area (Å²) in [4.78, 5) is 26.8. The zero-order valence-electron chi connectivity index (χ0n) is 9.32. The molecule has 0 aliphatic carbocycles. The van der Waals surface area contributed by atoms with Gasteiger partial charge in [0, 0.05) is 7.05 Å². The van der Waals surface area contributed by atoms with E-state index in [1.807, 2.05) is 6.92 Å². The van der Waals surface area contributed by atoms with Crippen LogP contribution in [0.15, 0.2) is 0 Å². The topological polar surface area (TPSA) is 78.9 Å². The first-order valence-corrected chi connectivity index (χ1v) is 4.84. The summed E-state index contributed by atoms with van der Waals surface area (Å²) >= 11 is 0. The number of hydroxylamine groups is 2. The van der Waals surface area contributed by atoms with Crippen LogP contribution in [0.3, 0.4) is 0 Å². The van der Waals surface area contributed by atoms with Gasteiger partial charge >= 0.3 is 6.09 Å². The average molecular weight is 218 g/mol. The molecule has 0 spiro atoms. The molecular formula is C9H18N2O4. The Balaban J connectivity index is 4.32. The smallest absolute Gasteiger partial charge is 0.405 e. The van der Waals surface area contributed by atoms with E-state index in [9.17, 15) is 9.59 Å². The van der Waals surface area contributed by atoms with Gasteiger partial charge in [0.05, 0.1) is 7.11 Å². The number of hydrogen-bond acceptors (Lipinski definition) is 3. The van der Waals surface area contributed by atoms with Gasteiger partial charge in [-0.25, -0.2) is 9.86 Å². The maximum absolute atomic E-state index is 11.6. The highest BCUT2D eigenvalue weighted by molar-refractivity contribution is 5.84. The molecule has 2 N–H and O–H groups in total. The molecule has 0 bridgehead atoms. The lowest BCUT2D eigenvalue weighted by Crippen LogP contribution is -2.46. The number of hydrogen-bond donors (Lipinski definition) is 2.